The second-order valence-corrected chi connectivity index (χ2v) is 7.19. The fourth-order valence-corrected chi connectivity index (χ4v) is 3.21. The van der Waals surface area contributed by atoms with Crippen LogP contribution in [-0.2, 0) is 4.79 Å². The maximum absolute atomic E-state index is 12.1. The van der Waals surface area contributed by atoms with E-state index in [0.717, 1.165) is 14.7 Å². The van der Waals surface area contributed by atoms with Gasteiger partial charge >= 0.3 is 0 Å². The van der Waals surface area contributed by atoms with Crippen LogP contribution in [0.15, 0.2) is 83.3 Å². The predicted molar refractivity (Wildman–Crippen MR) is 116 cm³/mol. The minimum absolute atomic E-state index is 0.195. The highest BCUT2D eigenvalue weighted by molar-refractivity contribution is 14.1. The highest BCUT2D eigenvalue weighted by Crippen LogP contribution is 2.27. The molecule has 1 heterocycles. The second kappa shape index (κ2) is 7.75. The molecule has 1 amide bonds. The second-order valence-electron chi connectivity index (χ2n) is 5.95. The van der Waals surface area contributed by atoms with Crippen molar-refractivity contribution in [2.24, 2.45) is 0 Å². The molecule has 0 saturated heterocycles. The molecule has 1 N–H and O–H groups in total. The molecule has 0 bridgehead atoms. The van der Waals surface area contributed by atoms with Crippen molar-refractivity contribution in [2.45, 2.75) is 0 Å². The number of hydrogen-bond acceptors (Lipinski definition) is 3. The molecular formula is C22H15IN2O2. The number of anilines is 1. The Morgan fingerprint density at radius 1 is 1.00 bits per heavy atom. The van der Waals surface area contributed by atoms with E-state index in [4.69, 9.17) is 4.42 Å². The summed E-state index contributed by atoms with van der Waals surface area (Å²) < 4.78 is 6.95. The number of carbonyl (C=O) groups excluding carboxylic acids is 1. The van der Waals surface area contributed by atoms with Crippen LogP contribution >= 0.6 is 22.6 Å². The molecule has 0 aliphatic rings. The van der Waals surface area contributed by atoms with E-state index in [1.165, 1.54) is 6.08 Å². The number of benzene rings is 3. The number of nitrogens with one attached hydrogen (secondary N) is 1. The van der Waals surface area contributed by atoms with E-state index < -0.39 is 0 Å². The van der Waals surface area contributed by atoms with Crippen LogP contribution in [0.2, 0.25) is 0 Å². The summed E-state index contributed by atoms with van der Waals surface area (Å²) in [6.45, 7) is 0. The minimum atomic E-state index is -0.195. The summed E-state index contributed by atoms with van der Waals surface area (Å²) in [5.41, 5.74) is 3.96. The van der Waals surface area contributed by atoms with Crippen LogP contribution in [-0.4, -0.2) is 10.9 Å². The lowest BCUT2D eigenvalue weighted by Crippen LogP contribution is -2.07. The van der Waals surface area contributed by atoms with Crippen LogP contribution in [0.3, 0.4) is 0 Å². The zero-order valence-corrected chi connectivity index (χ0v) is 16.4. The summed E-state index contributed by atoms with van der Waals surface area (Å²) in [5.74, 6) is 0.371. The van der Waals surface area contributed by atoms with Gasteiger partial charge in [-0.15, -0.1) is 0 Å². The van der Waals surface area contributed by atoms with Crippen LogP contribution in [0, 0.1) is 3.57 Å². The highest BCUT2D eigenvalue weighted by atomic mass is 127. The lowest BCUT2D eigenvalue weighted by molar-refractivity contribution is -0.111. The lowest BCUT2D eigenvalue weighted by Gasteiger charge is -2.01. The first-order chi connectivity index (χ1) is 13.2. The van der Waals surface area contributed by atoms with E-state index >= 15 is 0 Å². The number of aromatic nitrogens is 1. The van der Waals surface area contributed by atoms with E-state index in [-0.39, 0.29) is 5.91 Å². The summed E-state index contributed by atoms with van der Waals surface area (Å²) in [5, 5.41) is 2.85. The van der Waals surface area contributed by atoms with Crippen molar-refractivity contribution in [2.75, 3.05) is 5.32 Å². The molecule has 0 aliphatic carbocycles. The number of amides is 1. The Morgan fingerprint density at radius 2 is 1.85 bits per heavy atom. The molecule has 3 aromatic carbocycles. The summed E-state index contributed by atoms with van der Waals surface area (Å²) in [6, 6.07) is 23.1. The Bertz CT molecular complexity index is 1130. The molecule has 0 unspecified atom stereocenters. The lowest BCUT2D eigenvalue weighted by atomic mass is 10.2. The molecule has 0 fully saturated rings. The monoisotopic (exact) mass is 466 g/mol. The van der Waals surface area contributed by atoms with Crippen molar-refractivity contribution in [1.29, 1.82) is 0 Å². The van der Waals surface area contributed by atoms with Gasteiger partial charge in [0, 0.05) is 20.9 Å². The number of halogens is 1. The predicted octanol–water partition coefficient (Wildman–Crippen LogP) is 5.75. The zero-order valence-electron chi connectivity index (χ0n) is 14.2. The Balaban J connectivity index is 1.53. The van der Waals surface area contributed by atoms with Gasteiger partial charge in [0.25, 0.3) is 0 Å². The zero-order chi connectivity index (χ0) is 18.6. The number of fused-ring (bicyclic) bond motifs is 1. The molecule has 27 heavy (non-hydrogen) atoms. The van der Waals surface area contributed by atoms with Crippen molar-refractivity contribution < 1.29 is 9.21 Å². The van der Waals surface area contributed by atoms with Crippen molar-refractivity contribution >= 4 is 51.4 Å². The smallest absolute Gasteiger partial charge is 0.248 e. The fraction of sp³-hybridized carbons (Fsp3) is 0. The molecular weight excluding hydrogens is 451 g/mol. The number of rotatable bonds is 4. The molecule has 4 rings (SSSR count). The SMILES string of the molecule is O=C(C=Cc1ccccc1)Nc1ccc2oc(-c3cccc(I)c3)nc2c1. The van der Waals surface area contributed by atoms with Gasteiger partial charge in [-0.3, -0.25) is 4.79 Å². The number of nitrogens with zero attached hydrogens (tertiary/aromatic N) is 1. The average molecular weight is 466 g/mol. The van der Waals surface area contributed by atoms with Crippen LogP contribution in [0.5, 0.6) is 0 Å². The fourth-order valence-electron chi connectivity index (χ4n) is 2.67. The summed E-state index contributed by atoms with van der Waals surface area (Å²) in [4.78, 5) is 16.7. The van der Waals surface area contributed by atoms with E-state index in [9.17, 15) is 4.79 Å². The Morgan fingerprint density at radius 3 is 2.67 bits per heavy atom. The van der Waals surface area contributed by atoms with E-state index in [0.29, 0.717) is 22.7 Å². The molecule has 0 atom stereocenters. The van der Waals surface area contributed by atoms with Crippen LogP contribution in [0.1, 0.15) is 5.56 Å². The van der Waals surface area contributed by atoms with Gasteiger partial charge in [-0.2, -0.15) is 0 Å². The third kappa shape index (κ3) is 4.25. The first-order valence-electron chi connectivity index (χ1n) is 8.38. The molecule has 132 valence electrons. The Kier molecular flexibility index (Phi) is 5.02. The average Bonchev–Trinajstić information content (AvgIpc) is 3.11. The van der Waals surface area contributed by atoms with Gasteiger partial charge < -0.3 is 9.73 Å². The van der Waals surface area contributed by atoms with Gasteiger partial charge in [-0.1, -0.05) is 36.4 Å². The molecule has 5 heteroatoms. The van der Waals surface area contributed by atoms with Crippen molar-refractivity contribution in [1.82, 2.24) is 4.98 Å². The van der Waals surface area contributed by atoms with E-state index in [1.54, 1.807) is 12.1 Å². The van der Waals surface area contributed by atoms with Crippen LogP contribution < -0.4 is 5.32 Å². The van der Waals surface area contributed by atoms with Gasteiger partial charge in [-0.05, 0) is 70.6 Å². The summed E-state index contributed by atoms with van der Waals surface area (Å²) in [7, 11) is 0. The van der Waals surface area contributed by atoms with Gasteiger partial charge in [0.15, 0.2) is 5.58 Å². The summed E-state index contributed by atoms with van der Waals surface area (Å²) in [6.07, 6.45) is 3.29. The van der Waals surface area contributed by atoms with Crippen LogP contribution in [0.25, 0.3) is 28.6 Å². The maximum Gasteiger partial charge on any atom is 0.248 e. The van der Waals surface area contributed by atoms with E-state index in [1.807, 2.05) is 66.7 Å². The molecule has 0 spiro atoms. The number of hydrogen-bond donors (Lipinski definition) is 1. The summed E-state index contributed by atoms with van der Waals surface area (Å²) >= 11 is 2.26. The van der Waals surface area contributed by atoms with Crippen molar-refractivity contribution in [3.8, 4) is 11.5 Å². The molecule has 0 saturated carbocycles. The molecule has 4 nitrogen and oxygen atoms in total. The van der Waals surface area contributed by atoms with Gasteiger partial charge in [0.05, 0.1) is 0 Å². The molecule has 0 radical (unpaired) electrons. The largest absolute Gasteiger partial charge is 0.436 e. The number of carbonyl (C=O) groups is 1. The van der Waals surface area contributed by atoms with E-state index in [2.05, 4.69) is 32.9 Å². The topological polar surface area (TPSA) is 55.1 Å². The van der Waals surface area contributed by atoms with Gasteiger partial charge in [0.2, 0.25) is 11.8 Å². The van der Waals surface area contributed by atoms with Crippen LogP contribution in [0.4, 0.5) is 5.69 Å². The third-order valence-electron chi connectivity index (χ3n) is 3.95. The molecule has 4 aromatic rings. The Labute approximate surface area is 170 Å². The number of oxazole rings is 1. The quantitative estimate of drug-likeness (QED) is 0.308. The minimum Gasteiger partial charge on any atom is -0.436 e. The first-order valence-corrected chi connectivity index (χ1v) is 9.46. The Hall–Kier alpha value is -2.93. The standard InChI is InChI=1S/C22H15IN2O2/c23-17-8-4-7-16(13-17)22-25-19-14-18(10-11-20(19)27-22)24-21(26)12-9-15-5-2-1-3-6-15/h1-14H,(H,24,26). The van der Waals surface area contributed by atoms with Crippen molar-refractivity contribution in [3.63, 3.8) is 0 Å². The third-order valence-corrected chi connectivity index (χ3v) is 4.62. The molecule has 1 aromatic heterocycles. The first kappa shape index (κ1) is 17.5. The molecule has 0 aliphatic heterocycles. The van der Waals surface area contributed by atoms with Gasteiger partial charge in [0.1, 0.15) is 5.52 Å². The normalized spacial score (nSPS) is 11.1. The highest BCUT2D eigenvalue weighted by Gasteiger charge is 2.09. The maximum atomic E-state index is 12.1. The van der Waals surface area contributed by atoms with Crippen molar-refractivity contribution in [3.05, 3.63) is 88.0 Å². The van der Waals surface area contributed by atoms with Gasteiger partial charge in [-0.25, -0.2) is 4.98 Å².